The first-order chi connectivity index (χ1) is 9.11. The van der Waals surface area contributed by atoms with Gasteiger partial charge in [-0.25, -0.2) is 0 Å². The van der Waals surface area contributed by atoms with E-state index in [1.54, 1.807) is 0 Å². The van der Waals surface area contributed by atoms with Crippen LogP contribution in [0.3, 0.4) is 0 Å². The van der Waals surface area contributed by atoms with Gasteiger partial charge in [0.15, 0.2) is 5.96 Å². The number of aliphatic imine (C=N–C) groups is 1. The van der Waals surface area contributed by atoms with Gasteiger partial charge in [-0.05, 0) is 53.7 Å². The number of thiophene rings is 1. The molecule has 2 fully saturated rings. The van der Waals surface area contributed by atoms with Crippen molar-refractivity contribution in [1.82, 2.24) is 4.90 Å². The Hall–Kier alpha value is -0.550. The van der Waals surface area contributed by atoms with Gasteiger partial charge in [-0.3, -0.25) is 4.99 Å². The number of hydrogen-bond donors (Lipinski definition) is 1. The standard InChI is InChI=1S/C14H20BrN3S/c1-18(10-3-4-10)13(16)17-9-14(7-2-8-14)11-5-6-12(15)19-11/h5-6,10H,2-4,7-9H2,1H3,(H2,16,17). The molecule has 104 valence electrons. The Kier molecular flexibility index (Phi) is 3.60. The molecule has 2 aliphatic carbocycles. The van der Waals surface area contributed by atoms with Crippen molar-refractivity contribution < 1.29 is 0 Å². The molecule has 0 saturated heterocycles. The van der Waals surface area contributed by atoms with E-state index in [9.17, 15) is 0 Å². The van der Waals surface area contributed by atoms with Crippen LogP contribution in [0.4, 0.5) is 0 Å². The minimum atomic E-state index is 0.256. The third-order valence-corrected chi connectivity index (χ3v) is 6.28. The summed E-state index contributed by atoms with van der Waals surface area (Å²) in [5.41, 5.74) is 6.35. The van der Waals surface area contributed by atoms with Crippen molar-refractivity contribution in [3.63, 3.8) is 0 Å². The fourth-order valence-corrected chi connectivity index (χ4v) is 4.30. The van der Waals surface area contributed by atoms with Crippen LogP contribution in [0, 0.1) is 0 Å². The van der Waals surface area contributed by atoms with Crippen molar-refractivity contribution in [3.8, 4) is 0 Å². The molecule has 2 aliphatic rings. The molecule has 3 nitrogen and oxygen atoms in total. The second kappa shape index (κ2) is 5.09. The molecular weight excluding hydrogens is 322 g/mol. The van der Waals surface area contributed by atoms with Crippen molar-refractivity contribution in [3.05, 3.63) is 20.8 Å². The quantitative estimate of drug-likeness (QED) is 0.674. The van der Waals surface area contributed by atoms with Crippen molar-refractivity contribution in [1.29, 1.82) is 0 Å². The van der Waals surface area contributed by atoms with E-state index in [4.69, 9.17) is 5.73 Å². The summed E-state index contributed by atoms with van der Waals surface area (Å²) in [6, 6.07) is 5.02. The summed E-state index contributed by atoms with van der Waals surface area (Å²) in [4.78, 5) is 8.27. The van der Waals surface area contributed by atoms with Crippen LogP contribution in [0.5, 0.6) is 0 Å². The maximum atomic E-state index is 6.10. The lowest BCUT2D eigenvalue weighted by Crippen LogP contribution is -2.40. The molecule has 2 N–H and O–H groups in total. The molecule has 0 aromatic carbocycles. The zero-order valence-corrected chi connectivity index (χ0v) is 13.6. The molecule has 0 amide bonds. The van der Waals surface area contributed by atoms with Gasteiger partial charge in [-0.2, -0.15) is 0 Å². The van der Waals surface area contributed by atoms with Gasteiger partial charge in [0.25, 0.3) is 0 Å². The summed E-state index contributed by atoms with van der Waals surface area (Å²) in [5, 5.41) is 0. The first-order valence-electron chi connectivity index (χ1n) is 6.89. The van der Waals surface area contributed by atoms with Gasteiger partial charge < -0.3 is 10.6 Å². The maximum absolute atomic E-state index is 6.10. The van der Waals surface area contributed by atoms with E-state index >= 15 is 0 Å². The molecule has 2 saturated carbocycles. The van der Waals surface area contributed by atoms with E-state index in [0.717, 1.165) is 6.54 Å². The summed E-state index contributed by atoms with van der Waals surface area (Å²) >= 11 is 5.40. The molecule has 19 heavy (non-hydrogen) atoms. The lowest BCUT2D eigenvalue weighted by Gasteiger charge is -2.40. The summed E-state index contributed by atoms with van der Waals surface area (Å²) in [6.45, 7) is 0.836. The second-order valence-electron chi connectivity index (χ2n) is 5.75. The highest BCUT2D eigenvalue weighted by Crippen LogP contribution is 2.47. The van der Waals surface area contributed by atoms with Crippen molar-refractivity contribution in [2.75, 3.05) is 13.6 Å². The first kappa shape index (κ1) is 13.4. The Morgan fingerprint density at radius 1 is 1.53 bits per heavy atom. The summed E-state index contributed by atoms with van der Waals surface area (Å²) in [7, 11) is 2.06. The SMILES string of the molecule is CN(C(N)=NCC1(c2ccc(Br)s2)CCC1)C1CC1. The lowest BCUT2D eigenvalue weighted by molar-refractivity contribution is 0.258. The average molecular weight is 342 g/mol. The van der Waals surface area contributed by atoms with Crippen molar-refractivity contribution in [2.24, 2.45) is 10.7 Å². The topological polar surface area (TPSA) is 41.6 Å². The van der Waals surface area contributed by atoms with Crippen molar-refractivity contribution in [2.45, 2.75) is 43.6 Å². The van der Waals surface area contributed by atoms with Gasteiger partial charge in [0.2, 0.25) is 0 Å². The number of nitrogens with zero attached hydrogens (tertiary/aromatic N) is 2. The Labute approximate surface area is 127 Å². The van der Waals surface area contributed by atoms with Crippen molar-refractivity contribution >= 4 is 33.2 Å². The van der Waals surface area contributed by atoms with Crippen LogP contribution in [-0.2, 0) is 5.41 Å². The molecule has 0 spiro atoms. The fourth-order valence-electron chi connectivity index (χ4n) is 2.68. The molecule has 0 atom stereocenters. The highest BCUT2D eigenvalue weighted by Gasteiger charge is 2.40. The van der Waals surface area contributed by atoms with Crippen LogP contribution in [0.25, 0.3) is 0 Å². The molecule has 0 unspecified atom stereocenters. The second-order valence-corrected chi connectivity index (χ2v) is 8.22. The largest absolute Gasteiger partial charge is 0.370 e. The first-order valence-corrected chi connectivity index (χ1v) is 8.50. The van der Waals surface area contributed by atoms with Gasteiger partial charge >= 0.3 is 0 Å². The van der Waals surface area contributed by atoms with E-state index in [2.05, 4.69) is 45.0 Å². The molecule has 1 aromatic rings. The zero-order valence-electron chi connectivity index (χ0n) is 11.2. The Bertz CT molecular complexity index is 489. The highest BCUT2D eigenvalue weighted by atomic mass is 79.9. The van der Waals surface area contributed by atoms with E-state index in [1.807, 2.05) is 11.3 Å². The predicted molar refractivity (Wildman–Crippen MR) is 84.8 cm³/mol. The molecular formula is C14H20BrN3S. The highest BCUT2D eigenvalue weighted by molar-refractivity contribution is 9.11. The Morgan fingerprint density at radius 2 is 2.26 bits per heavy atom. The van der Waals surface area contributed by atoms with Crippen LogP contribution in [0.1, 0.15) is 37.0 Å². The van der Waals surface area contributed by atoms with Crippen LogP contribution in [-0.4, -0.2) is 30.5 Å². The van der Waals surface area contributed by atoms with Crippen LogP contribution >= 0.6 is 27.3 Å². The molecule has 3 rings (SSSR count). The van der Waals surface area contributed by atoms with E-state index < -0.39 is 0 Å². The zero-order chi connectivity index (χ0) is 13.5. The van der Waals surface area contributed by atoms with E-state index in [1.165, 1.54) is 40.8 Å². The van der Waals surface area contributed by atoms with Gasteiger partial charge in [0.1, 0.15) is 0 Å². The molecule has 1 aromatic heterocycles. The average Bonchev–Trinajstić information content (AvgIpc) is 3.10. The monoisotopic (exact) mass is 341 g/mol. The predicted octanol–water partition coefficient (Wildman–Crippen LogP) is 3.34. The number of halogens is 1. The smallest absolute Gasteiger partial charge is 0.191 e. The van der Waals surface area contributed by atoms with E-state index in [-0.39, 0.29) is 5.41 Å². The third kappa shape index (κ3) is 2.68. The number of hydrogen-bond acceptors (Lipinski definition) is 2. The van der Waals surface area contributed by atoms with Crippen LogP contribution < -0.4 is 5.73 Å². The van der Waals surface area contributed by atoms with Gasteiger partial charge in [-0.1, -0.05) is 6.42 Å². The fraction of sp³-hybridized carbons (Fsp3) is 0.643. The molecule has 0 radical (unpaired) electrons. The Balaban J connectivity index is 1.71. The van der Waals surface area contributed by atoms with Gasteiger partial charge in [0, 0.05) is 23.4 Å². The molecule has 5 heteroatoms. The van der Waals surface area contributed by atoms with Crippen LogP contribution in [0.2, 0.25) is 0 Å². The number of guanidine groups is 1. The Morgan fingerprint density at radius 3 is 2.74 bits per heavy atom. The third-order valence-electron chi connectivity index (χ3n) is 4.41. The van der Waals surface area contributed by atoms with Crippen LogP contribution in [0.15, 0.2) is 20.9 Å². The summed E-state index contributed by atoms with van der Waals surface area (Å²) in [6.07, 6.45) is 6.31. The normalized spacial score (nSPS) is 22.1. The van der Waals surface area contributed by atoms with Gasteiger partial charge in [-0.15, -0.1) is 11.3 Å². The van der Waals surface area contributed by atoms with E-state index in [0.29, 0.717) is 12.0 Å². The maximum Gasteiger partial charge on any atom is 0.191 e. The molecule has 0 bridgehead atoms. The number of rotatable bonds is 4. The summed E-state index contributed by atoms with van der Waals surface area (Å²) < 4.78 is 1.21. The lowest BCUT2D eigenvalue weighted by atomic mass is 9.68. The summed E-state index contributed by atoms with van der Waals surface area (Å²) in [5.74, 6) is 0.712. The number of nitrogens with two attached hydrogens (primary N) is 1. The minimum Gasteiger partial charge on any atom is -0.370 e. The molecule has 1 heterocycles. The minimum absolute atomic E-state index is 0.256. The van der Waals surface area contributed by atoms with Gasteiger partial charge in [0.05, 0.1) is 10.3 Å². The molecule has 0 aliphatic heterocycles.